The molecule has 0 bridgehead atoms. The number of benzene rings is 2. The van der Waals surface area contributed by atoms with Gasteiger partial charge in [-0.05, 0) is 37.3 Å². The van der Waals surface area contributed by atoms with E-state index < -0.39 is 28.4 Å². The summed E-state index contributed by atoms with van der Waals surface area (Å²) in [5.74, 6) is -1.24. The van der Waals surface area contributed by atoms with Crippen LogP contribution in [-0.4, -0.2) is 39.7 Å². The second-order valence-corrected chi connectivity index (χ2v) is 8.91. The maximum Gasteiger partial charge on any atom is 0.339 e. The molecule has 2 aromatic carbocycles. The Balaban J connectivity index is 2.22. The van der Waals surface area contributed by atoms with E-state index in [1.165, 1.54) is 36.4 Å². The van der Waals surface area contributed by atoms with E-state index in [4.69, 9.17) is 39.5 Å². The number of hydrogen-bond donors (Lipinski definition) is 1. The fourth-order valence-electron chi connectivity index (χ4n) is 2.36. The maximum atomic E-state index is 12.4. The third-order valence-electron chi connectivity index (χ3n) is 3.64. The molecule has 0 unspecified atom stereocenters. The van der Waals surface area contributed by atoms with Gasteiger partial charge in [-0.25, -0.2) is 13.2 Å². The van der Waals surface area contributed by atoms with Crippen molar-refractivity contribution in [2.45, 2.75) is 6.92 Å². The molecule has 2 aromatic rings. The van der Waals surface area contributed by atoms with E-state index in [0.29, 0.717) is 0 Å². The fourth-order valence-corrected chi connectivity index (χ4v) is 3.93. The minimum atomic E-state index is -3.83. The largest absolute Gasteiger partial charge is 0.462 e. The van der Waals surface area contributed by atoms with Crippen LogP contribution in [0.15, 0.2) is 36.4 Å². The molecule has 0 aliphatic rings. The van der Waals surface area contributed by atoms with Crippen molar-refractivity contribution in [3.05, 3.63) is 57.0 Å². The van der Waals surface area contributed by atoms with Gasteiger partial charge in [-0.1, -0.05) is 40.9 Å². The van der Waals surface area contributed by atoms with Crippen LogP contribution in [0, 0.1) is 0 Å². The SMILES string of the molecule is CCOC(=O)c1ccc(NC(=O)CN(c2cccc(Cl)c2Cl)S(C)(=O)=O)cc1Cl. The van der Waals surface area contributed by atoms with Gasteiger partial charge in [0.25, 0.3) is 0 Å². The molecular weight excluding hydrogens is 463 g/mol. The van der Waals surface area contributed by atoms with Gasteiger partial charge in [0, 0.05) is 5.69 Å². The first kappa shape index (κ1) is 23.3. The summed E-state index contributed by atoms with van der Waals surface area (Å²) in [5.41, 5.74) is 0.501. The lowest BCUT2D eigenvalue weighted by molar-refractivity contribution is -0.114. The van der Waals surface area contributed by atoms with Gasteiger partial charge in [-0.3, -0.25) is 9.10 Å². The number of amides is 1. The van der Waals surface area contributed by atoms with Crippen molar-refractivity contribution in [2.24, 2.45) is 0 Å². The van der Waals surface area contributed by atoms with Crippen molar-refractivity contribution in [3.63, 3.8) is 0 Å². The number of halogens is 3. The van der Waals surface area contributed by atoms with Crippen molar-refractivity contribution in [2.75, 3.05) is 29.0 Å². The van der Waals surface area contributed by atoms with Gasteiger partial charge in [0.05, 0.1) is 39.2 Å². The molecule has 0 saturated carbocycles. The number of esters is 1. The van der Waals surface area contributed by atoms with Crippen LogP contribution in [0.3, 0.4) is 0 Å². The number of carbonyl (C=O) groups is 2. The van der Waals surface area contributed by atoms with Crippen LogP contribution in [0.2, 0.25) is 15.1 Å². The molecule has 0 fully saturated rings. The number of carbonyl (C=O) groups excluding carboxylic acids is 2. The second-order valence-electron chi connectivity index (χ2n) is 5.81. The zero-order valence-electron chi connectivity index (χ0n) is 15.4. The van der Waals surface area contributed by atoms with Gasteiger partial charge >= 0.3 is 5.97 Å². The zero-order chi connectivity index (χ0) is 21.8. The van der Waals surface area contributed by atoms with E-state index in [9.17, 15) is 18.0 Å². The first-order valence-corrected chi connectivity index (χ1v) is 11.2. The Kier molecular flexibility index (Phi) is 7.76. The van der Waals surface area contributed by atoms with E-state index in [0.717, 1.165) is 10.6 Å². The van der Waals surface area contributed by atoms with E-state index in [-0.39, 0.29) is 38.6 Å². The van der Waals surface area contributed by atoms with Crippen molar-refractivity contribution in [1.29, 1.82) is 0 Å². The second kappa shape index (κ2) is 9.67. The highest BCUT2D eigenvalue weighted by Gasteiger charge is 2.24. The number of nitrogens with zero attached hydrogens (tertiary/aromatic N) is 1. The molecular formula is C18H17Cl3N2O5S. The molecule has 0 aliphatic heterocycles. The van der Waals surface area contributed by atoms with Crippen LogP contribution in [0.25, 0.3) is 0 Å². The number of ether oxygens (including phenoxy) is 1. The lowest BCUT2D eigenvalue weighted by atomic mass is 10.2. The zero-order valence-corrected chi connectivity index (χ0v) is 18.5. The molecule has 11 heteroatoms. The monoisotopic (exact) mass is 478 g/mol. The normalized spacial score (nSPS) is 11.1. The third kappa shape index (κ3) is 5.99. The molecule has 1 amide bonds. The summed E-state index contributed by atoms with van der Waals surface area (Å²) in [6.45, 7) is 1.32. The molecule has 156 valence electrons. The molecule has 7 nitrogen and oxygen atoms in total. The van der Waals surface area contributed by atoms with Crippen LogP contribution in [-0.2, 0) is 19.6 Å². The van der Waals surface area contributed by atoms with Crippen LogP contribution in [0.4, 0.5) is 11.4 Å². The van der Waals surface area contributed by atoms with E-state index in [1.807, 2.05) is 0 Å². The number of anilines is 2. The topological polar surface area (TPSA) is 92.8 Å². The average Bonchev–Trinajstić information content (AvgIpc) is 2.61. The lowest BCUT2D eigenvalue weighted by Crippen LogP contribution is -2.37. The summed E-state index contributed by atoms with van der Waals surface area (Å²) >= 11 is 18.1. The van der Waals surface area contributed by atoms with Gasteiger partial charge < -0.3 is 10.1 Å². The van der Waals surface area contributed by atoms with E-state index in [1.54, 1.807) is 6.92 Å². The van der Waals surface area contributed by atoms with Crippen LogP contribution in [0.5, 0.6) is 0 Å². The summed E-state index contributed by atoms with van der Waals surface area (Å²) in [4.78, 5) is 24.2. The molecule has 0 aromatic heterocycles. The first-order valence-electron chi connectivity index (χ1n) is 8.22. The van der Waals surface area contributed by atoms with Gasteiger partial charge in [0.15, 0.2) is 0 Å². The Bertz CT molecular complexity index is 1040. The predicted octanol–water partition coefficient (Wildman–Crippen LogP) is 4.23. The summed E-state index contributed by atoms with van der Waals surface area (Å²) in [5, 5.41) is 2.77. The molecule has 1 N–H and O–H groups in total. The molecule has 0 aliphatic carbocycles. The molecule has 0 spiro atoms. The van der Waals surface area contributed by atoms with Crippen LogP contribution in [0.1, 0.15) is 17.3 Å². The quantitative estimate of drug-likeness (QED) is 0.600. The highest BCUT2D eigenvalue weighted by atomic mass is 35.5. The van der Waals surface area contributed by atoms with E-state index >= 15 is 0 Å². The Hall–Kier alpha value is -2.00. The Labute approximate surface area is 183 Å². The number of sulfonamides is 1. The molecule has 2 rings (SSSR count). The third-order valence-corrected chi connectivity index (χ3v) is 5.88. The van der Waals surface area contributed by atoms with Crippen molar-refractivity contribution < 1.29 is 22.7 Å². The molecule has 0 heterocycles. The van der Waals surface area contributed by atoms with Crippen molar-refractivity contribution in [1.82, 2.24) is 0 Å². The molecule has 0 saturated heterocycles. The fraction of sp³-hybridized carbons (Fsp3) is 0.222. The summed E-state index contributed by atoms with van der Waals surface area (Å²) in [6.07, 6.45) is 0.947. The smallest absolute Gasteiger partial charge is 0.339 e. The lowest BCUT2D eigenvalue weighted by Gasteiger charge is -2.23. The first-order chi connectivity index (χ1) is 13.5. The van der Waals surface area contributed by atoms with Gasteiger partial charge in [-0.15, -0.1) is 0 Å². The number of nitrogens with one attached hydrogen (secondary N) is 1. The van der Waals surface area contributed by atoms with Crippen molar-refractivity contribution >= 4 is 68.1 Å². The minimum absolute atomic E-state index is 0.00854. The summed E-state index contributed by atoms with van der Waals surface area (Å²) < 4.78 is 30.1. The van der Waals surface area contributed by atoms with Gasteiger partial charge in [0.1, 0.15) is 6.54 Å². The highest BCUT2D eigenvalue weighted by Crippen LogP contribution is 2.33. The predicted molar refractivity (Wildman–Crippen MR) is 115 cm³/mol. The van der Waals surface area contributed by atoms with Crippen LogP contribution < -0.4 is 9.62 Å². The minimum Gasteiger partial charge on any atom is -0.462 e. The van der Waals surface area contributed by atoms with E-state index in [2.05, 4.69) is 5.32 Å². The molecule has 0 atom stereocenters. The van der Waals surface area contributed by atoms with Gasteiger partial charge in [0.2, 0.25) is 15.9 Å². The summed E-state index contributed by atoms with van der Waals surface area (Å²) in [6, 6.07) is 8.68. The standard InChI is InChI=1S/C18H17Cl3N2O5S/c1-3-28-18(25)12-8-7-11(9-14(12)20)22-16(24)10-23(29(2,26)27)15-6-4-5-13(19)17(15)21/h4-9H,3,10H2,1-2H3,(H,22,24). The average molecular weight is 480 g/mol. The van der Waals surface area contributed by atoms with Crippen LogP contribution >= 0.6 is 34.8 Å². The Morgan fingerprint density at radius 3 is 2.38 bits per heavy atom. The Morgan fingerprint density at radius 2 is 1.79 bits per heavy atom. The Morgan fingerprint density at radius 1 is 1.10 bits per heavy atom. The summed E-state index contributed by atoms with van der Waals surface area (Å²) in [7, 11) is -3.83. The highest BCUT2D eigenvalue weighted by molar-refractivity contribution is 7.92. The molecule has 0 radical (unpaired) electrons. The van der Waals surface area contributed by atoms with Crippen molar-refractivity contribution in [3.8, 4) is 0 Å². The van der Waals surface area contributed by atoms with Gasteiger partial charge in [-0.2, -0.15) is 0 Å². The molecule has 29 heavy (non-hydrogen) atoms. The maximum absolute atomic E-state index is 12.4. The number of rotatable bonds is 7. The number of hydrogen-bond acceptors (Lipinski definition) is 5.